The van der Waals surface area contributed by atoms with E-state index in [1.165, 1.54) is 5.56 Å². The van der Waals surface area contributed by atoms with E-state index in [9.17, 15) is 9.59 Å². The van der Waals surface area contributed by atoms with Crippen LogP contribution < -0.4 is 10.6 Å². The van der Waals surface area contributed by atoms with Crippen molar-refractivity contribution in [3.63, 3.8) is 0 Å². The van der Waals surface area contributed by atoms with Gasteiger partial charge in [-0.15, -0.1) is 12.4 Å². The van der Waals surface area contributed by atoms with Crippen molar-refractivity contribution in [2.24, 2.45) is 11.8 Å². The van der Waals surface area contributed by atoms with Gasteiger partial charge in [-0.05, 0) is 43.3 Å². The van der Waals surface area contributed by atoms with Gasteiger partial charge in [-0.1, -0.05) is 45.0 Å². The molecule has 25 heavy (non-hydrogen) atoms. The van der Waals surface area contributed by atoms with Crippen LogP contribution in [0, 0.1) is 11.8 Å². The van der Waals surface area contributed by atoms with Crippen molar-refractivity contribution in [1.82, 2.24) is 10.6 Å². The molecule has 1 aromatic carbocycles. The molecule has 1 saturated heterocycles. The number of benzene rings is 1. The van der Waals surface area contributed by atoms with Crippen LogP contribution in [-0.4, -0.2) is 30.8 Å². The number of piperidine rings is 1. The summed E-state index contributed by atoms with van der Waals surface area (Å²) < 4.78 is 0. The Morgan fingerprint density at radius 3 is 2.48 bits per heavy atom. The molecule has 1 fully saturated rings. The fraction of sp³-hybridized carbons (Fsp3) is 0.600. The zero-order valence-corrected chi connectivity index (χ0v) is 16.3. The lowest BCUT2D eigenvalue weighted by atomic mass is 9.95. The summed E-state index contributed by atoms with van der Waals surface area (Å²) in [5.74, 6) is 1.07. The molecule has 0 bridgehead atoms. The highest BCUT2D eigenvalue weighted by atomic mass is 35.5. The summed E-state index contributed by atoms with van der Waals surface area (Å²) >= 11 is 0. The molecule has 2 rings (SSSR count). The third-order valence-corrected chi connectivity index (χ3v) is 4.63. The first kappa shape index (κ1) is 21.7. The van der Waals surface area contributed by atoms with Crippen molar-refractivity contribution in [2.45, 2.75) is 52.5 Å². The first-order valence-electron chi connectivity index (χ1n) is 9.08. The van der Waals surface area contributed by atoms with Crippen molar-refractivity contribution >= 4 is 24.1 Å². The molecule has 0 saturated carbocycles. The summed E-state index contributed by atoms with van der Waals surface area (Å²) in [5.41, 5.74) is 1.95. The fourth-order valence-corrected chi connectivity index (χ4v) is 3.18. The Kier molecular flexibility index (Phi) is 9.15. The van der Waals surface area contributed by atoms with Crippen molar-refractivity contribution in [3.8, 4) is 0 Å². The number of carbonyl (C=O) groups is 2. The zero-order valence-electron chi connectivity index (χ0n) is 15.5. The second kappa shape index (κ2) is 10.6. The van der Waals surface area contributed by atoms with Gasteiger partial charge in [-0.2, -0.15) is 0 Å². The SMILES string of the molecule is CC(C)Cc1ccc(C(=O)CCC(=O)NC2CCNCC2C)cc1.Cl. The molecule has 0 aliphatic carbocycles. The molecule has 2 unspecified atom stereocenters. The van der Waals surface area contributed by atoms with E-state index in [-0.39, 0.29) is 43.0 Å². The van der Waals surface area contributed by atoms with Crippen LogP contribution in [0.15, 0.2) is 24.3 Å². The third-order valence-electron chi connectivity index (χ3n) is 4.63. The van der Waals surface area contributed by atoms with Crippen LogP contribution in [0.2, 0.25) is 0 Å². The fourth-order valence-electron chi connectivity index (χ4n) is 3.18. The minimum Gasteiger partial charge on any atom is -0.353 e. The minimum atomic E-state index is -0.0153. The molecule has 140 valence electrons. The first-order valence-corrected chi connectivity index (χ1v) is 9.08. The van der Waals surface area contributed by atoms with E-state index in [1.54, 1.807) is 0 Å². The molecule has 1 heterocycles. The van der Waals surface area contributed by atoms with E-state index >= 15 is 0 Å². The number of nitrogens with one attached hydrogen (secondary N) is 2. The van der Waals surface area contributed by atoms with Crippen LogP contribution in [0.25, 0.3) is 0 Å². The van der Waals surface area contributed by atoms with Gasteiger partial charge in [0.15, 0.2) is 5.78 Å². The predicted molar refractivity (Wildman–Crippen MR) is 104 cm³/mol. The Morgan fingerprint density at radius 2 is 1.88 bits per heavy atom. The van der Waals surface area contributed by atoms with Crippen molar-refractivity contribution < 1.29 is 9.59 Å². The Labute approximate surface area is 157 Å². The molecule has 0 spiro atoms. The summed E-state index contributed by atoms with van der Waals surface area (Å²) in [7, 11) is 0. The average Bonchev–Trinajstić information content (AvgIpc) is 2.55. The van der Waals surface area contributed by atoms with Gasteiger partial charge in [0.2, 0.25) is 5.91 Å². The van der Waals surface area contributed by atoms with E-state index in [1.807, 2.05) is 24.3 Å². The molecule has 2 N–H and O–H groups in total. The van der Waals surface area contributed by atoms with E-state index < -0.39 is 0 Å². The van der Waals surface area contributed by atoms with Gasteiger partial charge in [0.05, 0.1) is 0 Å². The lowest BCUT2D eigenvalue weighted by molar-refractivity contribution is -0.122. The van der Waals surface area contributed by atoms with Crippen LogP contribution >= 0.6 is 12.4 Å². The normalized spacial score (nSPS) is 20.0. The number of ketones is 1. The Balaban J connectivity index is 0.00000312. The van der Waals surface area contributed by atoms with Gasteiger partial charge >= 0.3 is 0 Å². The van der Waals surface area contributed by atoms with Crippen molar-refractivity contribution in [2.75, 3.05) is 13.1 Å². The topological polar surface area (TPSA) is 58.2 Å². The molecule has 0 radical (unpaired) electrons. The lowest BCUT2D eigenvalue weighted by Gasteiger charge is -2.30. The molecule has 2 atom stereocenters. The summed E-state index contributed by atoms with van der Waals surface area (Å²) in [6.45, 7) is 8.38. The summed E-state index contributed by atoms with van der Waals surface area (Å²) in [5, 5.41) is 6.40. The van der Waals surface area contributed by atoms with E-state index in [0.717, 1.165) is 25.9 Å². The van der Waals surface area contributed by atoms with Gasteiger partial charge in [0.1, 0.15) is 0 Å². The summed E-state index contributed by atoms with van der Waals surface area (Å²) in [4.78, 5) is 24.3. The standard InChI is InChI=1S/C20H30N2O2.ClH/c1-14(2)12-16-4-6-17(7-5-16)19(23)8-9-20(24)22-18-10-11-21-13-15(18)3;/h4-7,14-15,18,21H,8-13H2,1-3H3,(H,22,24);1H. The molecular weight excluding hydrogens is 336 g/mol. The van der Waals surface area contributed by atoms with Crippen LogP contribution in [0.5, 0.6) is 0 Å². The summed E-state index contributed by atoms with van der Waals surface area (Å²) in [6.07, 6.45) is 2.52. The van der Waals surface area contributed by atoms with Crippen molar-refractivity contribution in [3.05, 3.63) is 35.4 Å². The second-order valence-electron chi connectivity index (χ2n) is 7.36. The van der Waals surface area contributed by atoms with E-state index in [2.05, 4.69) is 31.4 Å². The van der Waals surface area contributed by atoms with Gasteiger partial charge in [0, 0.05) is 24.4 Å². The number of carbonyl (C=O) groups excluding carboxylic acids is 2. The number of Topliss-reactive ketones (excluding diaryl/α,β-unsaturated/α-hetero) is 1. The number of rotatable bonds is 7. The smallest absolute Gasteiger partial charge is 0.220 e. The Hall–Kier alpha value is -1.39. The Bertz CT molecular complexity index is 557. The molecular formula is C20H31ClN2O2. The second-order valence-corrected chi connectivity index (χ2v) is 7.36. The van der Waals surface area contributed by atoms with Crippen molar-refractivity contribution in [1.29, 1.82) is 0 Å². The highest BCUT2D eigenvalue weighted by Gasteiger charge is 2.22. The van der Waals surface area contributed by atoms with E-state index in [0.29, 0.717) is 17.4 Å². The number of amides is 1. The molecule has 5 heteroatoms. The number of halogens is 1. The van der Waals surface area contributed by atoms with Crippen LogP contribution in [0.3, 0.4) is 0 Å². The molecule has 1 aliphatic rings. The highest BCUT2D eigenvalue weighted by molar-refractivity contribution is 5.98. The number of hydrogen-bond donors (Lipinski definition) is 2. The average molecular weight is 367 g/mol. The monoisotopic (exact) mass is 366 g/mol. The molecule has 1 amide bonds. The molecule has 4 nitrogen and oxygen atoms in total. The van der Waals surface area contributed by atoms with Gasteiger partial charge < -0.3 is 10.6 Å². The number of hydrogen-bond acceptors (Lipinski definition) is 3. The first-order chi connectivity index (χ1) is 11.5. The van der Waals surface area contributed by atoms with Crippen LogP contribution in [0.1, 0.15) is 56.0 Å². The highest BCUT2D eigenvalue weighted by Crippen LogP contribution is 2.13. The summed E-state index contributed by atoms with van der Waals surface area (Å²) in [6, 6.07) is 8.03. The largest absolute Gasteiger partial charge is 0.353 e. The Morgan fingerprint density at radius 1 is 1.20 bits per heavy atom. The van der Waals surface area contributed by atoms with Gasteiger partial charge in [0.25, 0.3) is 0 Å². The third kappa shape index (κ3) is 7.17. The quantitative estimate of drug-likeness (QED) is 0.727. The zero-order chi connectivity index (χ0) is 17.5. The lowest BCUT2D eigenvalue weighted by Crippen LogP contribution is -2.48. The maximum absolute atomic E-state index is 12.2. The maximum atomic E-state index is 12.2. The van der Waals surface area contributed by atoms with Gasteiger partial charge in [-0.3, -0.25) is 9.59 Å². The molecule has 1 aliphatic heterocycles. The molecule has 0 aromatic heterocycles. The predicted octanol–water partition coefficient (Wildman–Crippen LogP) is 3.38. The van der Waals surface area contributed by atoms with Gasteiger partial charge in [-0.25, -0.2) is 0 Å². The molecule has 1 aromatic rings. The minimum absolute atomic E-state index is 0. The van der Waals surface area contributed by atoms with Crippen LogP contribution in [0.4, 0.5) is 0 Å². The van der Waals surface area contributed by atoms with E-state index in [4.69, 9.17) is 0 Å². The van der Waals surface area contributed by atoms with Crippen LogP contribution in [-0.2, 0) is 11.2 Å². The maximum Gasteiger partial charge on any atom is 0.220 e.